The van der Waals surface area contributed by atoms with Crippen LogP contribution >= 0.6 is 23.1 Å². The fourth-order valence-electron chi connectivity index (χ4n) is 3.30. The summed E-state index contributed by atoms with van der Waals surface area (Å²) in [5, 5.41) is 18.8. The van der Waals surface area contributed by atoms with Crippen molar-refractivity contribution in [2.45, 2.75) is 11.7 Å². The lowest BCUT2D eigenvalue weighted by atomic mass is 10.1. The number of benzene rings is 1. The van der Waals surface area contributed by atoms with Crippen molar-refractivity contribution in [3.63, 3.8) is 0 Å². The molecular weight excluding hydrogens is 434 g/mol. The Bertz CT molecular complexity index is 1010. The molecule has 0 atom stereocenters. The first-order chi connectivity index (χ1) is 15.1. The zero-order valence-corrected chi connectivity index (χ0v) is 18.7. The Hall–Kier alpha value is -2.76. The summed E-state index contributed by atoms with van der Waals surface area (Å²) in [6, 6.07) is 9.18. The number of nitrogens with one attached hydrogen (secondary N) is 1. The van der Waals surface area contributed by atoms with Crippen molar-refractivity contribution in [3.8, 4) is 0 Å². The van der Waals surface area contributed by atoms with Gasteiger partial charge >= 0.3 is 0 Å². The van der Waals surface area contributed by atoms with Crippen LogP contribution in [-0.2, 0) is 18.4 Å². The highest BCUT2D eigenvalue weighted by Crippen LogP contribution is 2.17. The number of hydrogen-bond donors (Lipinski definition) is 1. The quantitative estimate of drug-likeness (QED) is 0.542. The van der Waals surface area contributed by atoms with Gasteiger partial charge in [-0.3, -0.25) is 14.5 Å². The Morgan fingerprint density at radius 3 is 2.55 bits per heavy atom. The number of hydrogen-bond acceptors (Lipinski definition) is 8. The van der Waals surface area contributed by atoms with Gasteiger partial charge in [0, 0.05) is 51.0 Å². The van der Waals surface area contributed by atoms with Crippen LogP contribution in [0, 0.1) is 0 Å². The second-order valence-corrected chi connectivity index (χ2v) is 8.92. The highest BCUT2D eigenvalue weighted by molar-refractivity contribution is 7.99. The number of piperazine rings is 1. The van der Waals surface area contributed by atoms with E-state index in [0.717, 1.165) is 32.7 Å². The number of anilines is 1. The van der Waals surface area contributed by atoms with Gasteiger partial charge in [-0.1, -0.05) is 11.8 Å². The molecule has 162 valence electrons. The van der Waals surface area contributed by atoms with E-state index >= 15 is 0 Å². The lowest BCUT2D eigenvalue weighted by Crippen LogP contribution is -2.48. The first-order valence-corrected chi connectivity index (χ1v) is 11.8. The van der Waals surface area contributed by atoms with Crippen LogP contribution in [0.4, 0.5) is 5.69 Å². The third-order valence-electron chi connectivity index (χ3n) is 4.98. The predicted octanol–water partition coefficient (Wildman–Crippen LogP) is 1.96. The largest absolute Gasteiger partial charge is 0.336 e. The number of carbonyl (C=O) groups excluding carboxylic acids is 2. The highest BCUT2D eigenvalue weighted by atomic mass is 32.2. The van der Waals surface area contributed by atoms with Gasteiger partial charge in [-0.25, -0.2) is 4.68 Å². The van der Waals surface area contributed by atoms with Gasteiger partial charge in [-0.05, 0) is 57.1 Å². The standard InChI is InChI=1S/C20H23N7O2S2/c1-25-20(22-23-24-25)31-14-18(28)21-17-4-2-16(3-5-17)19(29)27-9-7-26(8-10-27)12-15-6-11-30-13-15/h2-6,11,13H,7-10,12,14H2,1H3,(H,21,28). The van der Waals surface area contributed by atoms with Gasteiger partial charge in [0.25, 0.3) is 5.91 Å². The van der Waals surface area contributed by atoms with Gasteiger partial charge in [0.05, 0.1) is 5.75 Å². The molecule has 0 spiro atoms. The van der Waals surface area contributed by atoms with E-state index in [9.17, 15) is 9.59 Å². The van der Waals surface area contributed by atoms with Crippen molar-refractivity contribution in [3.05, 3.63) is 52.2 Å². The van der Waals surface area contributed by atoms with E-state index in [1.54, 1.807) is 42.6 Å². The van der Waals surface area contributed by atoms with Crippen LogP contribution in [0.25, 0.3) is 0 Å². The maximum Gasteiger partial charge on any atom is 0.253 e. The molecule has 0 saturated carbocycles. The number of rotatable bonds is 7. The molecule has 2 amide bonds. The van der Waals surface area contributed by atoms with Crippen LogP contribution < -0.4 is 5.32 Å². The summed E-state index contributed by atoms with van der Waals surface area (Å²) in [4.78, 5) is 29.2. The number of thioether (sulfide) groups is 1. The molecule has 9 nitrogen and oxygen atoms in total. The number of aryl methyl sites for hydroxylation is 1. The molecule has 3 heterocycles. The normalized spacial score (nSPS) is 14.5. The van der Waals surface area contributed by atoms with Crippen molar-refractivity contribution >= 4 is 40.6 Å². The molecule has 1 fully saturated rings. The van der Waals surface area contributed by atoms with E-state index < -0.39 is 0 Å². The summed E-state index contributed by atoms with van der Waals surface area (Å²) < 4.78 is 1.51. The van der Waals surface area contributed by atoms with Crippen molar-refractivity contribution in [2.75, 3.05) is 37.2 Å². The van der Waals surface area contributed by atoms with Crippen molar-refractivity contribution in [1.29, 1.82) is 0 Å². The van der Waals surface area contributed by atoms with Gasteiger partial charge in [0.2, 0.25) is 11.1 Å². The minimum atomic E-state index is -0.158. The summed E-state index contributed by atoms with van der Waals surface area (Å²) in [5.74, 6) is 0.0668. The van der Waals surface area contributed by atoms with E-state index in [2.05, 4.69) is 42.6 Å². The highest BCUT2D eigenvalue weighted by Gasteiger charge is 2.22. The van der Waals surface area contributed by atoms with Crippen LogP contribution in [0.15, 0.2) is 46.2 Å². The van der Waals surface area contributed by atoms with E-state index in [0.29, 0.717) is 16.4 Å². The molecule has 0 unspecified atom stereocenters. The van der Waals surface area contributed by atoms with Crippen LogP contribution in [0.5, 0.6) is 0 Å². The Balaban J connectivity index is 1.24. The van der Waals surface area contributed by atoms with Gasteiger partial charge in [0.1, 0.15) is 0 Å². The molecule has 0 bridgehead atoms. The van der Waals surface area contributed by atoms with E-state index in [4.69, 9.17) is 0 Å². The van der Waals surface area contributed by atoms with Gasteiger partial charge in [-0.15, -0.1) is 5.10 Å². The third-order valence-corrected chi connectivity index (χ3v) is 6.72. The second-order valence-electron chi connectivity index (χ2n) is 7.20. The number of nitrogens with zero attached hydrogens (tertiary/aromatic N) is 6. The summed E-state index contributed by atoms with van der Waals surface area (Å²) in [5.41, 5.74) is 2.61. The SMILES string of the molecule is Cn1nnnc1SCC(=O)Nc1ccc(C(=O)N2CCN(Cc3ccsc3)CC2)cc1. The van der Waals surface area contributed by atoms with Crippen LogP contribution in [0.3, 0.4) is 0 Å². The maximum atomic E-state index is 12.8. The molecule has 1 saturated heterocycles. The number of aromatic nitrogens is 4. The molecule has 3 aromatic rings. The van der Waals surface area contributed by atoms with Gasteiger partial charge in [0.15, 0.2) is 0 Å². The summed E-state index contributed by atoms with van der Waals surface area (Å²) in [7, 11) is 1.72. The minimum Gasteiger partial charge on any atom is -0.336 e. The van der Waals surface area contributed by atoms with E-state index in [-0.39, 0.29) is 17.6 Å². The first-order valence-electron chi connectivity index (χ1n) is 9.86. The lowest BCUT2D eigenvalue weighted by Gasteiger charge is -2.34. The number of thiophene rings is 1. The van der Waals surface area contributed by atoms with E-state index in [1.807, 2.05) is 4.90 Å². The third kappa shape index (κ3) is 5.69. The fraction of sp³-hybridized carbons (Fsp3) is 0.350. The molecular formula is C20H23N7O2S2. The average molecular weight is 458 g/mol. The fourth-order valence-corrected chi connectivity index (χ4v) is 4.61. The molecule has 1 aromatic carbocycles. The molecule has 4 rings (SSSR count). The zero-order chi connectivity index (χ0) is 21.6. The average Bonchev–Trinajstić information content (AvgIpc) is 3.44. The first kappa shape index (κ1) is 21.5. The molecule has 0 radical (unpaired) electrons. The Morgan fingerprint density at radius 1 is 1.13 bits per heavy atom. The Labute approximate surface area is 188 Å². The molecule has 31 heavy (non-hydrogen) atoms. The molecule has 2 aromatic heterocycles. The number of carbonyl (C=O) groups is 2. The van der Waals surface area contributed by atoms with Crippen molar-refractivity contribution < 1.29 is 9.59 Å². The van der Waals surface area contributed by atoms with Crippen LogP contribution in [0.1, 0.15) is 15.9 Å². The van der Waals surface area contributed by atoms with Gasteiger partial charge < -0.3 is 10.2 Å². The van der Waals surface area contributed by atoms with Gasteiger partial charge in [-0.2, -0.15) is 11.3 Å². The lowest BCUT2D eigenvalue weighted by molar-refractivity contribution is -0.113. The minimum absolute atomic E-state index is 0.0263. The van der Waals surface area contributed by atoms with Crippen molar-refractivity contribution in [1.82, 2.24) is 30.0 Å². The second kappa shape index (κ2) is 10.0. The number of amides is 2. The summed E-state index contributed by atoms with van der Waals surface area (Å²) in [6.07, 6.45) is 0. The molecule has 1 N–H and O–H groups in total. The van der Waals surface area contributed by atoms with Crippen LogP contribution in [-0.4, -0.2) is 73.8 Å². The van der Waals surface area contributed by atoms with Crippen LogP contribution in [0.2, 0.25) is 0 Å². The topological polar surface area (TPSA) is 96.2 Å². The smallest absolute Gasteiger partial charge is 0.253 e. The van der Waals surface area contributed by atoms with E-state index in [1.165, 1.54) is 22.0 Å². The maximum absolute atomic E-state index is 12.8. The molecule has 11 heteroatoms. The predicted molar refractivity (Wildman–Crippen MR) is 120 cm³/mol. The van der Waals surface area contributed by atoms with Crippen molar-refractivity contribution in [2.24, 2.45) is 7.05 Å². The summed E-state index contributed by atoms with van der Waals surface area (Å²) >= 11 is 2.97. The zero-order valence-electron chi connectivity index (χ0n) is 17.1. The Morgan fingerprint density at radius 2 is 1.90 bits per heavy atom. The summed E-state index contributed by atoms with van der Waals surface area (Å²) in [6.45, 7) is 4.11. The molecule has 1 aliphatic rings. The number of tetrazole rings is 1. The monoisotopic (exact) mass is 457 g/mol. The molecule has 0 aliphatic carbocycles. The molecule has 1 aliphatic heterocycles. The Kier molecular flexibility index (Phi) is 6.95.